The van der Waals surface area contributed by atoms with Crippen molar-refractivity contribution in [3.8, 4) is 11.5 Å². The van der Waals surface area contributed by atoms with Gasteiger partial charge in [0.1, 0.15) is 0 Å². The first-order valence-electron chi connectivity index (χ1n) is 11.1. The van der Waals surface area contributed by atoms with Gasteiger partial charge in [0.15, 0.2) is 17.6 Å². The van der Waals surface area contributed by atoms with Crippen LogP contribution in [-0.2, 0) is 22.5 Å². The van der Waals surface area contributed by atoms with E-state index in [0.29, 0.717) is 36.6 Å². The van der Waals surface area contributed by atoms with Crippen LogP contribution in [0.4, 0.5) is 0 Å². The van der Waals surface area contributed by atoms with Crippen LogP contribution in [0.25, 0.3) is 0 Å². The molecule has 0 bridgehead atoms. The molecule has 1 unspecified atom stereocenters. The van der Waals surface area contributed by atoms with Crippen LogP contribution in [0.3, 0.4) is 0 Å². The van der Waals surface area contributed by atoms with Gasteiger partial charge in [0.05, 0.1) is 19.8 Å². The van der Waals surface area contributed by atoms with Crippen molar-refractivity contribution in [2.24, 2.45) is 0 Å². The molecule has 33 heavy (non-hydrogen) atoms. The predicted molar refractivity (Wildman–Crippen MR) is 127 cm³/mol. The Morgan fingerprint density at radius 3 is 2.36 bits per heavy atom. The third kappa shape index (κ3) is 6.14. The fraction of sp³-hybridized carbons (Fsp3) is 0.385. The fourth-order valence-corrected chi connectivity index (χ4v) is 3.97. The number of hydrogen-bond donors (Lipinski definition) is 0. The van der Waals surface area contributed by atoms with Crippen molar-refractivity contribution >= 4 is 11.9 Å². The molecule has 0 spiro atoms. The maximum Gasteiger partial charge on any atom is 0.339 e. The minimum Gasteiger partial charge on any atom is -0.493 e. The van der Waals surface area contributed by atoms with Crippen molar-refractivity contribution in [2.75, 3.05) is 40.4 Å². The van der Waals surface area contributed by atoms with E-state index in [0.717, 1.165) is 25.2 Å². The Morgan fingerprint density at radius 2 is 1.76 bits per heavy atom. The molecule has 7 heteroatoms. The van der Waals surface area contributed by atoms with Gasteiger partial charge in [-0.1, -0.05) is 36.4 Å². The van der Waals surface area contributed by atoms with Gasteiger partial charge in [0.2, 0.25) is 0 Å². The molecule has 1 aliphatic rings. The molecule has 1 atom stereocenters. The lowest BCUT2D eigenvalue weighted by molar-refractivity contribution is -0.141. The minimum absolute atomic E-state index is 0.186. The van der Waals surface area contributed by atoms with E-state index in [1.54, 1.807) is 37.1 Å². The first kappa shape index (κ1) is 24.3. The van der Waals surface area contributed by atoms with Crippen molar-refractivity contribution in [3.05, 3.63) is 71.8 Å². The number of carbonyl (C=O) groups is 2. The molecule has 0 aromatic heterocycles. The number of allylic oxidation sites excluding steroid dienone is 1. The maximum atomic E-state index is 12.9. The van der Waals surface area contributed by atoms with Gasteiger partial charge in [-0.05, 0) is 31.0 Å². The summed E-state index contributed by atoms with van der Waals surface area (Å²) in [5, 5.41) is 0. The highest BCUT2D eigenvalue weighted by molar-refractivity contribution is 5.93. The lowest BCUT2D eigenvalue weighted by Crippen LogP contribution is -2.51. The number of rotatable bonds is 9. The van der Waals surface area contributed by atoms with E-state index in [1.807, 2.05) is 18.2 Å². The molecule has 1 amide bonds. The molecule has 2 aromatic carbocycles. The van der Waals surface area contributed by atoms with Crippen LogP contribution in [0, 0.1) is 0 Å². The van der Waals surface area contributed by atoms with Crippen molar-refractivity contribution in [1.29, 1.82) is 0 Å². The number of amides is 1. The van der Waals surface area contributed by atoms with Gasteiger partial charge in [-0.25, -0.2) is 4.79 Å². The number of methoxy groups -OCH3 is 2. The van der Waals surface area contributed by atoms with Crippen molar-refractivity contribution in [1.82, 2.24) is 9.80 Å². The molecule has 0 N–H and O–H groups in total. The first-order chi connectivity index (χ1) is 16.0. The summed E-state index contributed by atoms with van der Waals surface area (Å²) in [5.41, 5.74) is 2.31. The molecule has 1 heterocycles. The summed E-state index contributed by atoms with van der Waals surface area (Å²) in [6.07, 6.45) is 1.34. The molecule has 1 aliphatic heterocycles. The molecule has 0 radical (unpaired) electrons. The van der Waals surface area contributed by atoms with E-state index >= 15 is 0 Å². The third-order valence-corrected chi connectivity index (χ3v) is 5.72. The number of hydrogen-bond acceptors (Lipinski definition) is 6. The van der Waals surface area contributed by atoms with Crippen LogP contribution < -0.4 is 9.47 Å². The maximum absolute atomic E-state index is 12.9. The monoisotopic (exact) mass is 452 g/mol. The third-order valence-electron chi connectivity index (χ3n) is 5.72. The largest absolute Gasteiger partial charge is 0.493 e. The van der Waals surface area contributed by atoms with Crippen LogP contribution in [0.2, 0.25) is 0 Å². The van der Waals surface area contributed by atoms with Gasteiger partial charge < -0.3 is 19.1 Å². The van der Waals surface area contributed by atoms with Gasteiger partial charge in [0.25, 0.3) is 5.91 Å². The number of carbonyl (C=O) groups excluding carboxylic acids is 2. The Kier molecular flexibility index (Phi) is 8.49. The van der Waals surface area contributed by atoms with Crippen LogP contribution in [0.1, 0.15) is 28.4 Å². The number of nitrogens with zero attached hydrogens (tertiary/aromatic N) is 2. The number of benzene rings is 2. The second-order valence-corrected chi connectivity index (χ2v) is 8.00. The van der Waals surface area contributed by atoms with Crippen molar-refractivity contribution < 1.29 is 23.8 Å². The van der Waals surface area contributed by atoms with Crippen LogP contribution >= 0.6 is 0 Å². The van der Waals surface area contributed by atoms with Crippen LogP contribution in [-0.4, -0.2) is 68.2 Å². The zero-order valence-electron chi connectivity index (χ0n) is 19.6. The summed E-state index contributed by atoms with van der Waals surface area (Å²) in [6.45, 7) is 8.99. The molecule has 1 fully saturated rings. The molecular weight excluding hydrogens is 420 g/mol. The van der Waals surface area contributed by atoms with Crippen molar-refractivity contribution in [2.45, 2.75) is 26.0 Å². The Morgan fingerprint density at radius 1 is 1.06 bits per heavy atom. The van der Waals surface area contributed by atoms with Gasteiger partial charge in [-0.3, -0.25) is 9.69 Å². The van der Waals surface area contributed by atoms with Crippen LogP contribution in [0.5, 0.6) is 11.5 Å². The molecule has 2 aromatic rings. The molecule has 3 rings (SSSR count). The highest BCUT2D eigenvalue weighted by Crippen LogP contribution is 2.33. The lowest BCUT2D eigenvalue weighted by Gasteiger charge is -2.35. The molecule has 7 nitrogen and oxygen atoms in total. The standard InChI is InChI=1S/C26H32N2O5/c1-5-9-21-16-22(17-23(31-3)24(21)32-4)26(30)33-19(2)25(29)28-14-12-27(13-15-28)18-20-10-7-6-8-11-20/h5-8,10-11,16-17,19H,1,9,12-15,18H2,2-4H3. The zero-order valence-corrected chi connectivity index (χ0v) is 19.6. The average Bonchev–Trinajstić information content (AvgIpc) is 2.84. The second-order valence-electron chi connectivity index (χ2n) is 8.00. The number of esters is 1. The molecule has 0 aliphatic carbocycles. The molecular formula is C26H32N2O5. The highest BCUT2D eigenvalue weighted by Gasteiger charge is 2.28. The Labute approximate surface area is 195 Å². The average molecular weight is 453 g/mol. The Bertz CT molecular complexity index is 968. The van der Waals surface area contributed by atoms with Gasteiger partial charge in [0, 0.05) is 38.3 Å². The van der Waals surface area contributed by atoms with Gasteiger partial charge in [-0.15, -0.1) is 6.58 Å². The quantitative estimate of drug-likeness (QED) is 0.430. The second kappa shape index (κ2) is 11.5. The van der Waals surface area contributed by atoms with E-state index in [9.17, 15) is 9.59 Å². The van der Waals surface area contributed by atoms with E-state index in [1.165, 1.54) is 12.7 Å². The van der Waals surface area contributed by atoms with E-state index < -0.39 is 12.1 Å². The fourth-order valence-electron chi connectivity index (χ4n) is 3.97. The first-order valence-corrected chi connectivity index (χ1v) is 11.1. The summed E-state index contributed by atoms with van der Waals surface area (Å²) in [7, 11) is 3.05. The van der Waals surface area contributed by atoms with Gasteiger partial charge in [-0.2, -0.15) is 0 Å². The van der Waals surface area contributed by atoms with Crippen LogP contribution in [0.15, 0.2) is 55.1 Å². The highest BCUT2D eigenvalue weighted by atomic mass is 16.5. The predicted octanol–water partition coefficient (Wildman–Crippen LogP) is 3.32. The summed E-state index contributed by atoms with van der Waals surface area (Å²) >= 11 is 0. The minimum atomic E-state index is -0.880. The van der Waals surface area contributed by atoms with Crippen molar-refractivity contribution in [3.63, 3.8) is 0 Å². The SMILES string of the molecule is C=CCc1cc(C(=O)OC(C)C(=O)N2CCN(Cc3ccccc3)CC2)cc(OC)c1OC. The molecule has 176 valence electrons. The summed E-state index contributed by atoms with van der Waals surface area (Å²) in [4.78, 5) is 29.8. The Balaban J connectivity index is 1.59. The zero-order chi connectivity index (χ0) is 23.8. The number of piperazine rings is 1. The van der Waals surface area contributed by atoms with E-state index in [-0.39, 0.29) is 5.91 Å². The number of ether oxygens (including phenoxy) is 3. The topological polar surface area (TPSA) is 68.3 Å². The molecule has 0 saturated carbocycles. The molecule has 1 saturated heterocycles. The summed E-state index contributed by atoms with van der Waals surface area (Å²) < 4.78 is 16.3. The van der Waals surface area contributed by atoms with E-state index in [4.69, 9.17) is 14.2 Å². The van der Waals surface area contributed by atoms with E-state index in [2.05, 4.69) is 23.6 Å². The summed E-state index contributed by atoms with van der Waals surface area (Å²) in [6, 6.07) is 13.5. The lowest BCUT2D eigenvalue weighted by atomic mass is 10.1. The Hall–Kier alpha value is -3.32. The van der Waals surface area contributed by atoms with Gasteiger partial charge >= 0.3 is 5.97 Å². The normalized spacial score (nSPS) is 14.9. The smallest absolute Gasteiger partial charge is 0.339 e. The summed E-state index contributed by atoms with van der Waals surface area (Å²) in [5.74, 6) is 0.211.